The number of rotatable bonds is 8. The number of H-pyrrole nitrogens is 1. The van der Waals surface area contributed by atoms with Crippen LogP contribution in [-0.4, -0.2) is 42.6 Å². The number of aromatic amines is 1. The predicted octanol–water partition coefficient (Wildman–Crippen LogP) is 1.71. The maximum absolute atomic E-state index is 12.2. The molecule has 0 saturated heterocycles. The number of nitrogens with one attached hydrogen (secondary N) is 2. The van der Waals surface area contributed by atoms with Crippen LogP contribution < -0.4 is 5.32 Å². The second-order valence-corrected chi connectivity index (χ2v) is 5.51. The highest BCUT2D eigenvalue weighted by molar-refractivity contribution is 5.88. The van der Waals surface area contributed by atoms with E-state index in [9.17, 15) is 14.4 Å². The number of hydrogen-bond acceptors (Lipinski definition) is 5. The molecule has 1 amide bonds. The van der Waals surface area contributed by atoms with Crippen LogP contribution in [0.2, 0.25) is 0 Å². The molecule has 25 heavy (non-hydrogen) atoms. The smallest absolute Gasteiger partial charge is 0.328 e. The first-order chi connectivity index (χ1) is 12.0. The van der Waals surface area contributed by atoms with Gasteiger partial charge in [0.15, 0.2) is 0 Å². The molecule has 0 unspecified atom stereocenters. The minimum atomic E-state index is -0.815. The van der Waals surface area contributed by atoms with E-state index in [-0.39, 0.29) is 19.4 Å². The van der Waals surface area contributed by atoms with Gasteiger partial charge in [0, 0.05) is 29.9 Å². The molecule has 2 aromatic rings. The van der Waals surface area contributed by atoms with Gasteiger partial charge in [-0.1, -0.05) is 18.2 Å². The Kier molecular flexibility index (Phi) is 6.56. The number of methoxy groups -OCH3 is 1. The zero-order valence-electron chi connectivity index (χ0n) is 14.3. The number of esters is 2. The average molecular weight is 346 g/mol. The monoisotopic (exact) mass is 346 g/mol. The van der Waals surface area contributed by atoms with E-state index in [1.165, 1.54) is 7.11 Å². The quantitative estimate of drug-likeness (QED) is 0.709. The highest BCUT2D eigenvalue weighted by Crippen LogP contribution is 2.19. The predicted molar refractivity (Wildman–Crippen MR) is 91.8 cm³/mol. The molecule has 2 N–H and O–H groups in total. The van der Waals surface area contributed by atoms with Gasteiger partial charge in [0.1, 0.15) is 6.04 Å². The van der Waals surface area contributed by atoms with Crippen LogP contribution in [-0.2, 0) is 30.3 Å². The summed E-state index contributed by atoms with van der Waals surface area (Å²) in [7, 11) is 1.26. The number of carbonyl (C=O) groups excluding carboxylic acids is 3. The van der Waals surface area contributed by atoms with Crippen molar-refractivity contribution in [2.24, 2.45) is 0 Å². The molecule has 7 nitrogen and oxygen atoms in total. The van der Waals surface area contributed by atoms with Crippen LogP contribution in [0.15, 0.2) is 30.5 Å². The summed E-state index contributed by atoms with van der Waals surface area (Å²) in [6, 6.07) is 6.90. The van der Waals surface area contributed by atoms with Crippen molar-refractivity contribution in [3.8, 4) is 0 Å². The highest BCUT2D eigenvalue weighted by atomic mass is 16.5. The second-order valence-electron chi connectivity index (χ2n) is 5.51. The first-order valence-electron chi connectivity index (χ1n) is 8.13. The summed E-state index contributed by atoms with van der Waals surface area (Å²) in [6.45, 7) is 1.93. The molecule has 1 aromatic heterocycles. The first kappa shape index (κ1) is 18.5. The average Bonchev–Trinajstić information content (AvgIpc) is 3.02. The minimum absolute atomic E-state index is 0.0367. The molecule has 0 aliphatic rings. The molecule has 1 heterocycles. The Balaban J connectivity index is 2.09. The van der Waals surface area contributed by atoms with E-state index in [1.807, 2.05) is 30.5 Å². The zero-order valence-corrected chi connectivity index (χ0v) is 14.3. The van der Waals surface area contributed by atoms with E-state index in [1.54, 1.807) is 6.92 Å². The fourth-order valence-electron chi connectivity index (χ4n) is 2.54. The van der Waals surface area contributed by atoms with Crippen molar-refractivity contribution in [1.82, 2.24) is 10.3 Å². The zero-order chi connectivity index (χ0) is 18.2. The van der Waals surface area contributed by atoms with E-state index in [0.717, 1.165) is 16.5 Å². The third-order valence-corrected chi connectivity index (χ3v) is 3.79. The molecule has 0 bridgehead atoms. The Labute approximate surface area is 145 Å². The third-order valence-electron chi connectivity index (χ3n) is 3.79. The van der Waals surface area contributed by atoms with Crippen LogP contribution in [0.5, 0.6) is 0 Å². The molecule has 0 saturated carbocycles. The molecule has 0 fully saturated rings. The van der Waals surface area contributed by atoms with E-state index < -0.39 is 23.9 Å². The van der Waals surface area contributed by atoms with E-state index in [4.69, 9.17) is 4.74 Å². The number of aromatic nitrogens is 1. The van der Waals surface area contributed by atoms with Gasteiger partial charge in [-0.15, -0.1) is 0 Å². The van der Waals surface area contributed by atoms with Crippen molar-refractivity contribution < 1.29 is 23.9 Å². The number of carbonyl (C=O) groups is 3. The summed E-state index contributed by atoms with van der Waals surface area (Å²) in [5, 5.41) is 3.64. The lowest BCUT2D eigenvalue weighted by atomic mass is 10.0. The van der Waals surface area contributed by atoms with Crippen LogP contribution >= 0.6 is 0 Å². The molecular formula is C18H22N2O5. The van der Waals surface area contributed by atoms with Gasteiger partial charge in [-0.2, -0.15) is 0 Å². The lowest BCUT2D eigenvalue weighted by Gasteiger charge is -2.17. The molecule has 0 aliphatic carbocycles. The van der Waals surface area contributed by atoms with Gasteiger partial charge in [-0.05, 0) is 18.6 Å². The van der Waals surface area contributed by atoms with E-state index >= 15 is 0 Å². The largest absolute Gasteiger partial charge is 0.469 e. The van der Waals surface area contributed by atoms with Crippen LogP contribution in [0.25, 0.3) is 10.9 Å². The van der Waals surface area contributed by atoms with Gasteiger partial charge in [0.05, 0.1) is 20.1 Å². The fourth-order valence-corrected chi connectivity index (χ4v) is 2.54. The molecule has 1 atom stereocenters. The molecule has 1 aromatic carbocycles. The number of hydrogen-bond donors (Lipinski definition) is 2. The second kappa shape index (κ2) is 8.86. The van der Waals surface area contributed by atoms with Crippen molar-refractivity contribution in [3.05, 3.63) is 36.0 Å². The number of benzene rings is 1. The lowest BCUT2D eigenvalue weighted by Crippen LogP contribution is -2.43. The number of fused-ring (bicyclic) bond motifs is 1. The summed E-state index contributed by atoms with van der Waals surface area (Å²) < 4.78 is 9.57. The van der Waals surface area contributed by atoms with Crippen LogP contribution in [0.3, 0.4) is 0 Å². The minimum Gasteiger partial charge on any atom is -0.469 e. The van der Waals surface area contributed by atoms with Crippen LogP contribution in [0.1, 0.15) is 25.3 Å². The first-order valence-corrected chi connectivity index (χ1v) is 8.13. The van der Waals surface area contributed by atoms with E-state index in [2.05, 4.69) is 15.0 Å². The molecule has 134 valence electrons. The standard InChI is InChI=1S/C18H22N2O5/c1-3-25-18(23)15(20-16(21)8-9-17(22)24-2)10-12-11-19-14-7-5-4-6-13(12)14/h4-7,11,15,19H,3,8-10H2,1-2H3,(H,20,21)/t15-/m0/s1. The summed E-state index contributed by atoms with van der Waals surface area (Å²) in [4.78, 5) is 38.5. The topological polar surface area (TPSA) is 97.5 Å². The molecule has 7 heteroatoms. The number of ether oxygens (including phenoxy) is 2. The molecular weight excluding hydrogens is 324 g/mol. The summed E-state index contributed by atoms with van der Waals surface area (Å²) in [5.74, 6) is -1.37. The lowest BCUT2D eigenvalue weighted by molar-refractivity contribution is -0.147. The molecule has 0 aliphatic heterocycles. The maximum atomic E-state index is 12.2. The fraction of sp³-hybridized carbons (Fsp3) is 0.389. The molecule has 2 rings (SSSR count). The molecule has 0 spiro atoms. The summed E-state index contributed by atoms with van der Waals surface area (Å²) in [5.41, 5.74) is 1.86. The van der Waals surface area contributed by atoms with Crippen molar-refractivity contribution in [2.75, 3.05) is 13.7 Å². The van der Waals surface area contributed by atoms with Gasteiger partial charge in [0.2, 0.25) is 5.91 Å². The normalized spacial score (nSPS) is 11.8. The van der Waals surface area contributed by atoms with Gasteiger partial charge in [0.25, 0.3) is 0 Å². The van der Waals surface area contributed by atoms with Gasteiger partial charge in [-0.3, -0.25) is 9.59 Å². The Morgan fingerprint density at radius 2 is 1.96 bits per heavy atom. The SMILES string of the molecule is CCOC(=O)[C@H](Cc1c[nH]c2ccccc12)NC(=O)CCC(=O)OC. The Morgan fingerprint density at radius 3 is 2.68 bits per heavy atom. The summed E-state index contributed by atoms with van der Waals surface area (Å²) in [6.07, 6.45) is 2.03. The Hall–Kier alpha value is -2.83. The van der Waals surface area contributed by atoms with Crippen molar-refractivity contribution in [3.63, 3.8) is 0 Å². The Bertz CT molecular complexity index is 753. The van der Waals surface area contributed by atoms with Gasteiger partial charge in [-0.25, -0.2) is 4.79 Å². The van der Waals surface area contributed by atoms with Crippen molar-refractivity contribution in [2.45, 2.75) is 32.2 Å². The van der Waals surface area contributed by atoms with Crippen LogP contribution in [0.4, 0.5) is 0 Å². The van der Waals surface area contributed by atoms with Crippen molar-refractivity contribution in [1.29, 1.82) is 0 Å². The Morgan fingerprint density at radius 1 is 1.20 bits per heavy atom. The maximum Gasteiger partial charge on any atom is 0.328 e. The van der Waals surface area contributed by atoms with Gasteiger partial charge >= 0.3 is 11.9 Å². The van der Waals surface area contributed by atoms with Gasteiger partial charge < -0.3 is 19.8 Å². The highest BCUT2D eigenvalue weighted by Gasteiger charge is 2.24. The summed E-state index contributed by atoms with van der Waals surface area (Å²) >= 11 is 0. The number of para-hydroxylation sites is 1. The number of amides is 1. The molecule has 0 radical (unpaired) electrons. The van der Waals surface area contributed by atoms with E-state index in [0.29, 0.717) is 6.42 Å². The van der Waals surface area contributed by atoms with Crippen molar-refractivity contribution >= 4 is 28.7 Å². The third kappa shape index (κ3) is 5.07. The van der Waals surface area contributed by atoms with Crippen LogP contribution in [0, 0.1) is 0 Å².